The van der Waals surface area contributed by atoms with Crippen molar-refractivity contribution in [2.24, 2.45) is 0 Å². The van der Waals surface area contributed by atoms with Gasteiger partial charge in [0.1, 0.15) is 23.1 Å². The molecule has 1 aliphatic heterocycles. The summed E-state index contributed by atoms with van der Waals surface area (Å²) in [4.78, 5) is 32.8. The fourth-order valence-corrected chi connectivity index (χ4v) is 5.54. The topological polar surface area (TPSA) is 89.0 Å². The van der Waals surface area contributed by atoms with Crippen molar-refractivity contribution in [1.29, 1.82) is 0 Å². The first kappa shape index (κ1) is 26.4. The van der Waals surface area contributed by atoms with E-state index in [1.54, 1.807) is 43.5 Å². The largest absolute Gasteiger partial charge is 0.507 e. The minimum absolute atomic E-state index is 0.0972. The number of aromatic nitrogens is 1. The Morgan fingerprint density at radius 2 is 1.74 bits per heavy atom. The second-order valence-electron chi connectivity index (χ2n) is 9.13. The smallest absolute Gasteiger partial charge is 0.301 e. The van der Waals surface area contributed by atoms with E-state index in [9.17, 15) is 19.1 Å². The van der Waals surface area contributed by atoms with Gasteiger partial charge in [0.2, 0.25) is 0 Å². The summed E-state index contributed by atoms with van der Waals surface area (Å²) in [6, 6.07) is 16.6. The van der Waals surface area contributed by atoms with Crippen LogP contribution in [0.1, 0.15) is 43.4 Å². The normalized spacial score (nSPS) is 16.7. The summed E-state index contributed by atoms with van der Waals surface area (Å²) in [7, 11) is 1.56. The van der Waals surface area contributed by atoms with Gasteiger partial charge >= 0.3 is 5.91 Å². The Kier molecular flexibility index (Phi) is 7.60. The van der Waals surface area contributed by atoms with Crippen LogP contribution in [0.3, 0.4) is 0 Å². The molecule has 1 atom stereocenters. The molecule has 1 N–H and O–H groups in total. The summed E-state index contributed by atoms with van der Waals surface area (Å²) >= 11 is 1.24. The van der Waals surface area contributed by atoms with Crippen LogP contribution in [0.2, 0.25) is 0 Å². The van der Waals surface area contributed by atoms with Gasteiger partial charge in [-0.25, -0.2) is 9.37 Å². The molecule has 1 fully saturated rings. The second-order valence-corrected chi connectivity index (χ2v) is 10.1. The molecule has 5 rings (SSSR count). The maximum absolute atomic E-state index is 13.6. The lowest BCUT2D eigenvalue weighted by Gasteiger charge is -2.23. The van der Waals surface area contributed by atoms with Gasteiger partial charge in [-0.3, -0.25) is 14.5 Å². The molecule has 1 aliphatic rings. The SMILES string of the molecule is CCCCCOc1ccc(C2/C(=C(\O)c3ccc(F)cc3)C(=O)C(=O)N2c2nc3ccc(OC)cc3s2)cc1. The van der Waals surface area contributed by atoms with Gasteiger partial charge in [-0.05, 0) is 66.6 Å². The molecule has 0 aliphatic carbocycles. The first-order chi connectivity index (χ1) is 18.9. The lowest BCUT2D eigenvalue weighted by atomic mass is 9.95. The minimum Gasteiger partial charge on any atom is -0.507 e. The lowest BCUT2D eigenvalue weighted by molar-refractivity contribution is -0.132. The highest BCUT2D eigenvalue weighted by Gasteiger charge is 2.48. The van der Waals surface area contributed by atoms with E-state index in [4.69, 9.17) is 9.47 Å². The van der Waals surface area contributed by atoms with Crippen molar-refractivity contribution >= 4 is 44.1 Å². The maximum Gasteiger partial charge on any atom is 0.301 e. The Hall–Kier alpha value is -4.24. The average molecular weight is 547 g/mol. The highest BCUT2D eigenvalue weighted by atomic mass is 32.1. The number of thiazole rings is 1. The maximum atomic E-state index is 13.6. The number of carbonyl (C=O) groups excluding carboxylic acids is 2. The number of hydrogen-bond acceptors (Lipinski definition) is 7. The Balaban J connectivity index is 1.60. The number of hydrogen-bond donors (Lipinski definition) is 1. The molecular formula is C30H27FN2O5S. The van der Waals surface area contributed by atoms with Gasteiger partial charge in [0.05, 0.1) is 35.5 Å². The van der Waals surface area contributed by atoms with Crippen molar-refractivity contribution in [3.05, 3.63) is 89.2 Å². The quantitative estimate of drug-likeness (QED) is 0.110. The van der Waals surface area contributed by atoms with E-state index >= 15 is 0 Å². The minimum atomic E-state index is -0.952. The van der Waals surface area contributed by atoms with E-state index in [1.165, 1.54) is 40.5 Å². The van der Waals surface area contributed by atoms with Gasteiger partial charge in [-0.15, -0.1) is 0 Å². The molecule has 39 heavy (non-hydrogen) atoms. The van der Waals surface area contributed by atoms with Crippen LogP contribution in [0.4, 0.5) is 9.52 Å². The van der Waals surface area contributed by atoms with Crippen LogP contribution in [0.5, 0.6) is 11.5 Å². The van der Waals surface area contributed by atoms with Crippen LogP contribution >= 0.6 is 11.3 Å². The van der Waals surface area contributed by atoms with Crippen molar-refractivity contribution < 1.29 is 28.6 Å². The van der Waals surface area contributed by atoms with Crippen LogP contribution in [0.25, 0.3) is 16.0 Å². The predicted octanol–water partition coefficient (Wildman–Crippen LogP) is 6.64. The molecule has 2 heterocycles. The number of benzene rings is 3. The highest BCUT2D eigenvalue weighted by Crippen LogP contribution is 2.44. The first-order valence-electron chi connectivity index (χ1n) is 12.7. The third kappa shape index (κ3) is 5.22. The van der Waals surface area contributed by atoms with Gasteiger partial charge in [-0.2, -0.15) is 0 Å². The van der Waals surface area contributed by atoms with Crippen molar-refractivity contribution in [1.82, 2.24) is 4.98 Å². The number of carbonyl (C=O) groups is 2. The Morgan fingerprint density at radius 1 is 1.03 bits per heavy atom. The monoisotopic (exact) mass is 546 g/mol. The number of amides is 1. The Morgan fingerprint density at radius 3 is 2.44 bits per heavy atom. The summed E-state index contributed by atoms with van der Waals surface area (Å²) in [5.41, 5.74) is 1.37. The zero-order valence-corrected chi connectivity index (χ0v) is 22.3. The zero-order chi connectivity index (χ0) is 27.5. The molecule has 1 unspecified atom stereocenters. The number of aliphatic hydroxyl groups excluding tert-OH is 1. The molecule has 3 aromatic carbocycles. The summed E-state index contributed by atoms with van der Waals surface area (Å²) in [5, 5.41) is 11.5. The number of ketones is 1. The van der Waals surface area contributed by atoms with Crippen molar-refractivity contribution in [3.63, 3.8) is 0 Å². The van der Waals surface area contributed by atoms with Crippen LogP contribution in [0, 0.1) is 5.82 Å². The van der Waals surface area contributed by atoms with E-state index in [-0.39, 0.29) is 16.9 Å². The molecule has 0 bridgehead atoms. The number of Topliss-reactive ketones (excluding diaryl/α,β-unsaturated/α-hetero) is 1. The summed E-state index contributed by atoms with van der Waals surface area (Å²) in [6.45, 7) is 2.71. The molecule has 1 saturated heterocycles. The fraction of sp³-hybridized carbons (Fsp3) is 0.233. The summed E-state index contributed by atoms with van der Waals surface area (Å²) < 4.78 is 25.5. The number of methoxy groups -OCH3 is 1. The second kappa shape index (κ2) is 11.2. The van der Waals surface area contributed by atoms with Gasteiger partial charge in [-0.1, -0.05) is 43.2 Å². The molecule has 9 heteroatoms. The number of anilines is 1. The standard InChI is InChI=1S/C30H27FN2O5S/c1-3-4-5-16-38-21-12-8-18(9-13-21)26-25(27(34)19-6-10-20(31)11-7-19)28(35)29(36)33(26)30-32-23-15-14-22(37-2)17-24(23)39-30/h6-15,17,26,34H,3-5,16H2,1-2H3/b27-25+. The van der Waals surface area contributed by atoms with Gasteiger partial charge in [0.25, 0.3) is 5.78 Å². The van der Waals surface area contributed by atoms with E-state index in [2.05, 4.69) is 11.9 Å². The number of rotatable bonds is 9. The molecule has 1 aromatic heterocycles. The Labute approximate surface area is 229 Å². The lowest BCUT2D eigenvalue weighted by Crippen LogP contribution is -2.29. The molecule has 7 nitrogen and oxygen atoms in total. The van der Waals surface area contributed by atoms with Crippen LogP contribution in [-0.2, 0) is 9.59 Å². The van der Waals surface area contributed by atoms with E-state index in [1.807, 2.05) is 6.07 Å². The molecular weight excluding hydrogens is 519 g/mol. The third-order valence-corrected chi connectivity index (χ3v) is 7.58. The van der Waals surface area contributed by atoms with Gasteiger partial charge < -0.3 is 14.6 Å². The van der Waals surface area contributed by atoms with E-state index in [0.29, 0.717) is 34.3 Å². The number of nitrogens with zero attached hydrogens (tertiary/aromatic N) is 2. The van der Waals surface area contributed by atoms with Gasteiger partial charge in [0.15, 0.2) is 5.13 Å². The predicted molar refractivity (Wildman–Crippen MR) is 149 cm³/mol. The van der Waals surface area contributed by atoms with Crippen LogP contribution in [0.15, 0.2) is 72.3 Å². The third-order valence-electron chi connectivity index (χ3n) is 6.56. The molecule has 4 aromatic rings. The first-order valence-corrected chi connectivity index (χ1v) is 13.5. The van der Waals surface area contributed by atoms with Crippen LogP contribution in [-0.4, -0.2) is 35.5 Å². The molecule has 0 saturated carbocycles. The molecule has 0 radical (unpaired) electrons. The number of halogens is 1. The van der Waals surface area contributed by atoms with E-state index in [0.717, 1.165) is 24.0 Å². The van der Waals surface area contributed by atoms with Crippen molar-refractivity contribution in [3.8, 4) is 11.5 Å². The average Bonchev–Trinajstić information content (AvgIpc) is 3.49. The highest BCUT2D eigenvalue weighted by molar-refractivity contribution is 7.22. The fourth-order valence-electron chi connectivity index (χ4n) is 4.52. The van der Waals surface area contributed by atoms with Crippen molar-refractivity contribution in [2.75, 3.05) is 18.6 Å². The zero-order valence-electron chi connectivity index (χ0n) is 21.5. The molecule has 200 valence electrons. The van der Waals surface area contributed by atoms with E-state index < -0.39 is 23.5 Å². The summed E-state index contributed by atoms with van der Waals surface area (Å²) in [6.07, 6.45) is 3.11. The van der Waals surface area contributed by atoms with Crippen molar-refractivity contribution in [2.45, 2.75) is 32.2 Å². The summed E-state index contributed by atoms with van der Waals surface area (Å²) in [5.74, 6) is -1.22. The number of aliphatic hydroxyl groups is 1. The number of fused-ring (bicyclic) bond motifs is 1. The van der Waals surface area contributed by atoms with Gasteiger partial charge in [0, 0.05) is 5.56 Å². The van der Waals surface area contributed by atoms with Crippen LogP contribution < -0.4 is 14.4 Å². The molecule has 0 spiro atoms. The number of ether oxygens (including phenoxy) is 2. The Bertz CT molecular complexity index is 1550. The number of unbranched alkanes of at least 4 members (excludes halogenated alkanes) is 2. The molecule has 1 amide bonds.